The zero-order chi connectivity index (χ0) is 11.9. The van der Waals surface area contributed by atoms with E-state index in [1.807, 2.05) is 0 Å². The monoisotopic (exact) mass is 232 g/mol. The van der Waals surface area contributed by atoms with Crippen molar-refractivity contribution in [3.05, 3.63) is 24.3 Å². The van der Waals surface area contributed by atoms with E-state index < -0.39 is 11.4 Å². The average Bonchev–Trinajstić information content (AvgIpc) is 2.91. The Morgan fingerprint density at radius 1 is 1.41 bits per heavy atom. The van der Waals surface area contributed by atoms with Gasteiger partial charge in [-0.1, -0.05) is 6.42 Å². The Morgan fingerprint density at radius 2 is 2.18 bits per heavy atom. The van der Waals surface area contributed by atoms with Crippen LogP contribution in [0.15, 0.2) is 18.5 Å². The number of aromatic nitrogens is 2. The molecule has 2 aliphatic carbocycles. The van der Waals surface area contributed by atoms with Crippen molar-refractivity contribution in [3.8, 4) is 0 Å². The standard InChI is InChI=1S/C13H16N2O2/c16-12(17)13(7-9-2-3-10(13)6-9)8-11-14-4-1-5-15-11/h1,4-5,9-10H,2-3,6-8H2,(H,16,17). The molecule has 0 aliphatic heterocycles. The lowest BCUT2D eigenvalue weighted by Gasteiger charge is -2.32. The largest absolute Gasteiger partial charge is 0.481 e. The van der Waals surface area contributed by atoms with Crippen LogP contribution in [-0.2, 0) is 11.2 Å². The minimum atomic E-state index is -0.655. The molecule has 3 unspecified atom stereocenters. The minimum absolute atomic E-state index is 0.328. The molecule has 4 nitrogen and oxygen atoms in total. The molecule has 2 aliphatic rings. The number of rotatable bonds is 3. The highest BCUT2D eigenvalue weighted by Crippen LogP contribution is 2.57. The van der Waals surface area contributed by atoms with Gasteiger partial charge in [0.25, 0.3) is 0 Å². The summed E-state index contributed by atoms with van der Waals surface area (Å²) in [6.07, 6.45) is 8.02. The van der Waals surface area contributed by atoms with E-state index in [0.29, 0.717) is 24.1 Å². The van der Waals surface area contributed by atoms with E-state index in [-0.39, 0.29) is 0 Å². The van der Waals surface area contributed by atoms with Crippen LogP contribution in [0.3, 0.4) is 0 Å². The number of aliphatic carboxylic acids is 1. The summed E-state index contributed by atoms with van der Waals surface area (Å²) >= 11 is 0. The minimum Gasteiger partial charge on any atom is -0.481 e. The third kappa shape index (κ3) is 1.63. The first-order valence-corrected chi connectivity index (χ1v) is 6.20. The second kappa shape index (κ2) is 3.79. The molecule has 1 N–H and O–H groups in total. The molecule has 17 heavy (non-hydrogen) atoms. The smallest absolute Gasteiger partial charge is 0.310 e. The maximum Gasteiger partial charge on any atom is 0.310 e. The van der Waals surface area contributed by atoms with E-state index in [4.69, 9.17) is 0 Å². The van der Waals surface area contributed by atoms with Crippen LogP contribution in [-0.4, -0.2) is 21.0 Å². The van der Waals surface area contributed by atoms with Crippen molar-refractivity contribution in [3.63, 3.8) is 0 Å². The van der Waals surface area contributed by atoms with Gasteiger partial charge in [0.1, 0.15) is 5.82 Å². The summed E-state index contributed by atoms with van der Waals surface area (Å²) in [5.41, 5.74) is -0.593. The van der Waals surface area contributed by atoms with Crippen molar-refractivity contribution in [2.45, 2.75) is 32.1 Å². The van der Waals surface area contributed by atoms with Gasteiger partial charge in [0, 0.05) is 18.8 Å². The van der Waals surface area contributed by atoms with Crippen LogP contribution >= 0.6 is 0 Å². The van der Waals surface area contributed by atoms with Gasteiger partial charge in [0.2, 0.25) is 0 Å². The first-order valence-electron chi connectivity index (χ1n) is 6.20. The van der Waals surface area contributed by atoms with Crippen LogP contribution in [0.4, 0.5) is 0 Å². The first kappa shape index (κ1) is 10.7. The Kier molecular flexibility index (Phi) is 2.38. The summed E-state index contributed by atoms with van der Waals surface area (Å²) in [6, 6.07) is 1.76. The number of nitrogens with zero attached hydrogens (tertiary/aromatic N) is 2. The predicted molar refractivity (Wildman–Crippen MR) is 61.3 cm³/mol. The Balaban J connectivity index is 1.89. The second-order valence-electron chi connectivity index (χ2n) is 5.38. The molecule has 90 valence electrons. The zero-order valence-corrected chi connectivity index (χ0v) is 9.67. The third-order valence-electron chi connectivity index (χ3n) is 4.49. The van der Waals surface area contributed by atoms with Gasteiger partial charge in [-0.2, -0.15) is 0 Å². The quantitative estimate of drug-likeness (QED) is 0.864. The van der Waals surface area contributed by atoms with Gasteiger partial charge >= 0.3 is 5.97 Å². The average molecular weight is 232 g/mol. The molecular weight excluding hydrogens is 216 g/mol. The highest BCUT2D eigenvalue weighted by Gasteiger charge is 2.56. The van der Waals surface area contributed by atoms with Gasteiger partial charge in [-0.15, -0.1) is 0 Å². The number of hydrogen-bond acceptors (Lipinski definition) is 3. The molecule has 3 atom stereocenters. The van der Waals surface area contributed by atoms with Crippen molar-refractivity contribution in [2.75, 3.05) is 0 Å². The molecule has 2 fully saturated rings. The maximum absolute atomic E-state index is 11.7. The highest BCUT2D eigenvalue weighted by atomic mass is 16.4. The third-order valence-corrected chi connectivity index (χ3v) is 4.49. The Morgan fingerprint density at radius 3 is 2.71 bits per heavy atom. The molecule has 0 spiro atoms. The fourth-order valence-electron chi connectivity index (χ4n) is 3.70. The number of fused-ring (bicyclic) bond motifs is 2. The molecule has 0 aromatic carbocycles. The predicted octanol–water partition coefficient (Wildman–Crippen LogP) is 1.91. The van der Waals surface area contributed by atoms with Gasteiger partial charge in [0.15, 0.2) is 0 Å². The van der Waals surface area contributed by atoms with E-state index in [1.54, 1.807) is 18.5 Å². The van der Waals surface area contributed by atoms with Crippen LogP contribution in [0, 0.1) is 17.3 Å². The van der Waals surface area contributed by atoms with Gasteiger partial charge in [-0.25, -0.2) is 9.97 Å². The molecule has 0 radical (unpaired) electrons. The molecule has 0 saturated heterocycles. The van der Waals surface area contributed by atoms with Gasteiger partial charge in [0.05, 0.1) is 5.41 Å². The fraction of sp³-hybridized carbons (Fsp3) is 0.615. The number of hydrogen-bond donors (Lipinski definition) is 1. The summed E-state index contributed by atoms with van der Waals surface area (Å²) in [6.45, 7) is 0. The molecule has 2 bridgehead atoms. The van der Waals surface area contributed by atoms with Crippen LogP contribution in [0.2, 0.25) is 0 Å². The zero-order valence-electron chi connectivity index (χ0n) is 9.67. The number of carboxylic acid groups (broad SMARTS) is 1. The Labute approximate surface area is 100 Å². The summed E-state index contributed by atoms with van der Waals surface area (Å²) < 4.78 is 0. The summed E-state index contributed by atoms with van der Waals surface area (Å²) in [5, 5.41) is 9.59. The molecule has 1 aromatic heterocycles. The Bertz CT molecular complexity index is 434. The SMILES string of the molecule is O=C(O)C1(Cc2ncccn2)CC2CCC1C2. The van der Waals surface area contributed by atoms with Gasteiger partial charge < -0.3 is 5.11 Å². The van der Waals surface area contributed by atoms with Crippen molar-refractivity contribution in [2.24, 2.45) is 17.3 Å². The van der Waals surface area contributed by atoms with Crippen LogP contribution in [0.1, 0.15) is 31.5 Å². The highest BCUT2D eigenvalue weighted by molar-refractivity contribution is 5.76. The van der Waals surface area contributed by atoms with Crippen LogP contribution in [0.25, 0.3) is 0 Å². The normalized spacial score (nSPS) is 35.1. The number of carboxylic acids is 1. The van der Waals surface area contributed by atoms with E-state index >= 15 is 0 Å². The molecule has 0 amide bonds. The van der Waals surface area contributed by atoms with Crippen molar-refractivity contribution < 1.29 is 9.90 Å². The molecular formula is C13H16N2O2. The van der Waals surface area contributed by atoms with E-state index in [9.17, 15) is 9.90 Å². The molecule has 4 heteroatoms. The molecule has 3 rings (SSSR count). The van der Waals surface area contributed by atoms with Crippen molar-refractivity contribution >= 4 is 5.97 Å². The molecule has 2 saturated carbocycles. The van der Waals surface area contributed by atoms with Crippen LogP contribution < -0.4 is 0 Å². The van der Waals surface area contributed by atoms with E-state index in [1.165, 1.54) is 6.42 Å². The topological polar surface area (TPSA) is 63.1 Å². The fourth-order valence-corrected chi connectivity index (χ4v) is 3.70. The maximum atomic E-state index is 11.7. The summed E-state index contributed by atoms with van der Waals surface area (Å²) in [7, 11) is 0. The second-order valence-corrected chi connectivity index (χ2v) is 5.38. The Hall–Kier alpha value is -1.45. The van der Waals surface area contributed by atoms with Crippen LogP contribution in [0.5, 0.6) is 0 Å². The molecule has 1 aromatic rings. The van der Waals surface area contributed by atoms with Crippen molar-refractivity contribution in [1.29, 1.82) is 0 Å². The van der Waals surface area contributed by atoms with Gasteiger partial charge in [-0.3, -0.25) is 4.79 Å². The van der Waals surface area contributed by atoms with E-state index in [2.05, 4.69) is 9.97 Å². The van der Waals surface area contributed by atoms with Crippen molar-refractivity contribution in [1.82, 2.24) is 9.97 Å². The lowest BCUT2D eigenvalue weighted by Crippen LogP contribution is -2.39. The molecule has 1 heterocycles. The first-order chi connectivity index (χ1) is 8.21. The summed E-state index contributed by atoms with van der Waals surface area (Å²) in [5.74, 6) is 0.952. The van der Waals surface area contributed by atoms with Gasteiger partial charge in [-0.05, 0) is 37.2 Å². The van der Waals surface area contributed by atoms with E-state index in [0.717, 1.165) is 19.3 Å². The summed E-state index contributed by atoms with van der Waals surface area (Å²) in [4.78, 5) is 20.0. The lowest BCUT2D eigenvalue weighted by molar-refractivity contribution is -0.152. The lowest BCUT2D eigenvalue weighted by atomic mass is 9.70. The number of carbonyl (C=O) groups is 1.